The van der Waals surface area contributed by atoms with Crippen LogP contribution in [0.2, 0.25) is 5.02 Å². The topological polar surface area (TPSA) is 53.5 Å². The van der Waals surface area contributed by atoms with Crippen LogP contribution in [0.4, 0.5) is 0 Å². The molecule has 0 spiro atoms. The van der Waals surface area contributed by atoms with Crippen LogP contribution in [0.5, 0.6) is 0 Å². The van der Waals surface area contributed by atoms with Crippen molar-refractivity contribution >= 4 is 21.8 Å². The molecule has 0 radical (unpaired) electrons. The lowest BCUT2D eigenvalue weighted by Crippen LogP contribution is -2.47. The van der Waals surface area contributed by atoms with Crippen molar-refractivity contribution in [1.29, 1.82) is 0 Å². The van der Waals surface area contributed by atoms with Crippen molar-refractivity contribution in [3.05, 3.63) is 63.9 Å². The molecule has 29 heavy (non-hydrogen) atoms. The average molecular weight is 436 g/mol. The van der Waals surface area contributed by atoms with Gasteiger partial charge in [-0.15, -0.1) is 0 Å². The van der Waals surface area contributed by atoms with Gasteiger partial charge in [-0.1, -0.05) is 43.6 Å². The van der Waals surface area contributed by atoms with E-state index in [1.165, 1.54) is 4.31 Å². The van der Waals surface area contributed by atoms with Crippen LogP contribution in [0, 0.1) is 6.92 Å². The highest BCUT2D eigenvalue weighted by atomic mass is 35.5. The van der Waals surface area contributed by atoms with E-state index in [1.54, 1.807) is 4.31 Å². The second-order valence-corrected chi connectivity index (χ2v) is 9.93. The fourth-order valence-corrected chi connectivity index (χ4v) is 5.96. The Morgan fingerprint density at radius 1 is 1.21 bits per heavy atom. The highest BCUT2D eigenvalue weighted by Gasteiger charge is 2.33. The second-order valence-electron chi connectivity index (χ2n) is 7.60. The van der Waals surface area contributed by atoms with Gasteiger partial charge in [0.05, 0.1) is 0 Å². The molecule has 1 aliphatic heterocycles. The Hall–Kier alpha value is -1.47. The van der Waals surface area contributed by atoms with Gasteiger partial charge < -0.3 is 0 Å². The van der Waals surface area contributed by atoms with Crippen molar-refractivity contribution < 1.29 is 8.42 Å². The largest absolute Gasteiger partial charge is 0.281 e. The maximum Gasteiger partial charge on any atom is 0.281 e. The molecule has 1 fully saturated rings. The van der Waals surface area contributed by atoms with Gasteiger partial charge in [0.2, 0.25) is 0 Å². The van der Waals surface area contributed by atoms with Crippen LogP contribution in [-0.2, 0) is 16.6 Å². The standard InChI is InChI=1S/C22H30ClN3O2S/c1-4-25(5-2)29(27,28)26-12-8-10-20(16-26)22-15-18(13-17(3)24-22)14-19-9-6-7-11-21(19)23/h6-7,9,11,13,15,20H,4-5,8,10,12,14,16H2,1-3H3. The molecule has 2 aromatic rings. The SMILES string of the molecule is CCN(CC)S(=O)(=O)N1CCCC(c2cc(Cc3ccccc3Cl)cc(C)n2)C1. The fourth-order valence-electron chi connectivity index (χ4n) is 4.05. The summed E-state index contributed by atoms with van der Waals surface area (Å²) in [5, 5.41) is 0.762. The Balaban J connectivity index is 1.83. The van der Waals surface area contributed by atoms with Crippen LogP contribution < -0.4 is 0 Å². The molecule has 2 heterocycles. The third-order valence-corrected chi connectivity index (χ3v) is 8.07. The molecule has 158 valence electrons. The molecule has 0 bridgehead atoms. The zero-order valence-corrected chi connectivity index (χ0v) is 19.0. The summed E-state index contributed by atoms with van der Waals surface area (Å²) in [6.45, 7) is 7.80. The number of nitrogens with zero attached hydrogens (tertiary/aromatic N) is 3. The van der Waals surface area contributed by atoms with Crippen LogP contribution in [0.25, 0.3) is 0 Å². The number of pyridine rings is 1. The van der Waals surface area contributed by atoms with Gasteiger partial charge in [0.1, 0.15) is 0 Å². The van der Waals surface area contributed by atoms with Gasteiger partial charge in [0.15, 0.2) is 0 Å². The second kappa shape index (κ2) is 9.56. The molecule has 5 nitrogen and oxygen atoms in total. The molecule has 1 atom stereocenters. The van der Waals surface area contributed by atoms with Crippen LogP contribution in [0.15, 0.2) is 36.4 Å². The number of hydrogen-bond acceptors (Lipinski definition) is 3. The Bertz CT molecular complexity index is 945. The van der Waals surface area contributed by atoms with Gasteiger partial charge >= 0.3 is 0 Å². The van der Waals surface area contributed by atoms with E-state index in [2.05, 4.69) is 12.1 Å². The molecule has 1 aromatic carbocycles. The number of rotatable bonds is 7. The summed E-state index contributed by atoms with van der Waals surface area (Å²) >= 11 is 6.34. The minimum absolute atomic E-state index is 0.110. The van der Waals surface area contributed by atoms with E-state index < -0.39 is 10.2 Å². The summed E-state index contributed by atoms with van der Waals surface area (Å²) in [4.78, 5) is 4.76. The van der Waals surface area contributed by atoms with E-state index in [4.69, 9.17) is 16.6 Å². The predicted molar refractivity (Wildman–Crippen MR) is 119 cm³/mol. The van der Waals surface area contributed by atoms with E-state index in [9.17, 15) is 8.42 Å². The first-order valence-corrected chi connectivity index (χ1v) is 12.1. The Morgan fingerprint density at radius 3 is 2.62 bits per heavy atom. The van der Waals surface area contributed by atoms with Crippen LogP contribution in [-0.4, -0.2) is 48.2 Å². The summed E-state index contributed by atoms with van der Waals surface area (Å²) < 4.78 is 29.1. The van der Waals surface area contributed by atoms with E-state index in [0.717, 1.165) is 46.8 Å². The molecule has 7 heteroatoms. The van der Waals surface area contributed by atoms with Crippen molar-refractivity contribution in [2.45, 2.75) is 46.0 Å². The molecule has 1 aromatic heterocycles. The highest BCUT2D eigenvalue weighted by molar-refractivity contribution is 7.86. The van der Waals surface area contributed by atoms with Crippen LogP contribution in [0.1, 0.15) is 55.1 Å². The minimum Gasteiger partial charge on any atom is -0.258 e. The first-order chi connectivity index (χ1) is 13.8. The summed E-state index contributed by atoms with van der Waals surface area (Å²) in [6.07, 6.45) is 2.54. The predicted octanol–water partition coefficient (Wildman–Crippen LogP) is 4.40. The third kappa shape index (κ3) is 5.18. The number of benzene rings is 1. The van der Waals surface area contributed by atoms with Gasteiger partial charge in [-0.25, -0.2) is 0 Å². The van der Waals surface area contributed by atoms with E-state index in [0.29, 0.717) is 26.2 Å². The maximum atomic E-state index is 13.0. The van der Waals surface area contributed by atoms with Crippen molar-refractivity contribution in [3.63, 3.8) is 0 Å². The third-order valence-electron chi connectivity index (χ3n) is 5.55. The quantitative estimate of drug-likeness (QED) is 0.647. The number of halogens is 1. The van der Waals surface area contributed by atoms with Gasteiger partial charge in [-0.05, 0) is 55.5 Å². The molecule has 3 rings (SSSR count). The average Bonchev–Trinajstić information content (AvgIpc) is 2.70. The van der Waals surface area contributed by atoms with E-state index >= 15 is 0 Å². The number of aromatic nitrogens is 1. The van der Waals surface area contributed by atoms with Crippen molar-refractivity contribution in [1.82, 2.24) is 13.6 Å². The zero-order valence-electron chi connectivity index (χ0n) is 17.4. The summed E-state index contributed by atoms with van der Waals surface area (Å²) in [6, 6.07) is 12.1. The van der Waals surface area contributed by atoms with Crippen LogP contribution >= 0.6 is 11.6 Å². The van der Waals surface area contributed by atoms with Gasteiger partial charge in [-0.2, -0.15) is 17.0 Å². The molecule has 0 N–H and O–H groups in total. The maximum absolute atomic E-state index is 13.0. The smallest absolute Gasteiger partial charge is 0.258 e. The Kier molecular flexibility index (Phi) is 7.32. The number of aryl methyl sites for hydroxylation is 1. The lowest BCUT2D eigenvalue weighted by atomic mass is 9.93. The summed E-state index contributed by atoms with van der Waals surface area (Å²) in [7, 11) is -3.42. The normalized spacial score (nSPS) is 18.3. The summed E-state index contributed by atoms with van der Waals surface area (Å²) in [5.74, 6) is 0.110. The molecule has 1 aliphatic rings. The Morgan fingerprint density at radius 2 is 1.93 bits per heavy atom. The molecule has 1 unspecified atom stereocenters. The highest BCUT2D eigenvalue weighted by Crippen LogP contribution is 2.30. The van der Waals surface area contributed by atoms with Gasteiger partial charge in [-0.3, -0.25) is 4.98 Å². The van der Waals surface area contributed by atoms with Gasteiger partial charge in [0.25, 0.3) is 10.2 Å². The zero-order chi connectivity index (χ0) is 21.0. The van der Waals surface area contributed by atoms with Crippen molar-refractivity contribution in [3.8, 4) is 0 Å². The van der Waals surface area contributed by atoms with Gasteiger partial charge in [0, 0.05) is 48.5 Å². The molecular formula is C22H30ClN3O2S. The fraction of sp³-hybridized carbons (Fsp3) is 0.500. The monoisotopic (exact) mass is 435 g/mol. The van der Waals surface area contributed by atoms with Crippen molar-refractivity contribution in [2.24, 2.45) is 0 Å². The first-order valence-electron chi connectivity index (χ1n) is 10.3. The lowest BCUT2D eigenvalue weighted by molar-refractivity contribution is 0.285. The summed E-state index contributed by atoms with van der Waals surface area (Å²) in [5.41, 5.74) is 4.17. The molecule has 0 aliphatic carbocycles. The molecule has 0 saturated carbocycles. The minimum atomic E-state index is -3.42. The Labute approximate surface area is 179 Å². The molecular weight excluding hydrogens is 406 g/mol. The number of piperidine rings is 1. The molecule has 0 amide bonds. The lowest BCUT2D eigenvalue weighted by Gasteiger charge is -2.35. The van der Waals surface area contributed by atoms with Crippen molar-refractivity contribution in [2.75, 3.05) is 26.2 Å². The first kappa shape index (κ1) is 22.2. The van der Waals surface area contributed by atoms with E-state index in [1.807, 2.05) is 45.0 Å². The van der Waals surface area contributed by atoms with Crippen LogP contribution in [0.3, 0.4) is 0 Å². The van der Waals surface area contributed by atoms with E-state index in [-0.39, 0.29) is 5.92 Å². The number of hydrogen-bond donors (Lipinski definition) is 0. The molecule has 1 saturated heterocycles.